The Kier molecular flexibility index (Phi) is 3.57. The number of fused-ring (bicyclic) bond motifs is 1. The zero-order chi connectivity index (χ0) is 14.1. The Bertz CT molecular complexity index is 764. The summed E-state index contributed by atoms with van der Waals surface area (Å²) in [6.07, 6.45) is 3.58. The summed E-state index contributed by atoms with van der Waals surface area (Å²) in [7, 11) is 0. The Labute approximate surface area is 125 Å². The lowest BCUT2D eigenvalue weighted by Gasteiger charge is -2.03. The Morgan fingerprint density at radius 1 is 1.20 bits per heavy atom. The second kappa shape index (κ2) is 5.37. The SMILES string of the molecule is Cc1ccn2c(CCc3cccc(F)c3)nc(Br)c2c1. The van der Waals surface area contributed by atoms with Gasteiger partial charge in [-0.3, -0.25) is 0 Å². The first-order valence-electron chi connectivity index (χ1n) is 6.51. The van der Waals surface area contributed by atoms with Gasteiger partial charge < -0.3 is 4.40 Å². The molecule has 3 aromatic rings. The summed E-state index contributed by atoms with van der Waals surface area (Å²) in [5, 5.41) is 0. The molecule has 3 rings (SSSR count). The molecular formula is C16H14BrFN2. The van der Waals surface area contributed by atoms with Crippen LogP contribution in [0.15, 0.2) is 47.2 Å². The molecule has 2 heterocycles. The first kappa shape index (κ1) is 13.3. The summed E-state index contributed by atoms with van der Waals surface area (Å²) < 4.78 is 16.1. The fourth-order valence-electron chi connectivity index (χ4n) is 2.34. The summed E-state index contributed by atoms with van der Waals surface area (Å²) in [6.45, 7) is 2.06. The molecule has 4 heteroatoms. The number of halogens is 2. The number of imidazole rings is 1. The van der Waals surface area contributed by atoms with E-state index >= 15 is 0 Å². The fraction of sp³-hybridized carbons (Fsp3) is 0.188. The molecule has 0 N–H and O–H groups in total. The van der Waals surface area contributed by atoms with Gasteiger partial charge in [-0.25, -0.2) is 9.37 Å². The van der Waals surface area contributed by atoms with Gasteiger partial charge in [0.1, 0.15) is 16.2 Å². The molecule has 0 radical (unpaired) electrons. The lowest BCUT2D eigenvalue weighted by atomic mass is 10.1. The zero-order valence-corrected chi connectivity index (χ0v) is 12.7. The van der Waals surface area contributed by atoms with Crippen molar-refractivity contribution in [2.45, 2.75) is 19.8 Å². The maximum absolute atomic E-state index is 13.2. The van der Waals surface area contributed by atoms with Crippen LogP contribution in [-0.2, 0) is 12.8 Å². The van der Waals surface area contributed by atoms with Crippen LogP contribution in [0, 0.1) is 12.7 Å². The molecule has 102 valence electrons. The monoisotopic (exact) mass is 332 g/mol. The molecule has 20 heavy (non-hydrogen) atoms. The Balaban J connectivity index is 1.88. The summed E-state index contributed by atoms with van der Waals surface area (Å²) >= 11 is 3.50. The normalized spacial score (nSPS) is 11.2. The summed E-state index contributed by atoms with van der Waals surface area (Å²) in [5.74, 6) is 0.795. The van der Waals surface area contributed by atoms with E-state index in [0.29, 0.717) is 0 Å². The van der Waals surface area contributed by atoms with E-state index in [1.54, 1.807) is 12.1 Å². The van der Waals surface area contributed by atoms with Gasteiger partial charge in [-0.2, -0.15) is 0 Å². The lowest BCUT2D eigenvalue weighted by Crippen LogP contribution is -1.98. The van der Waals surface area contributed by atoms with Gasteiger partial charge in [0.15, 0.2) is 0 Å². The van der Waals surface area contributed by atoms with Crippen molar-refractivity contribution in [1.82, 2.24) is 9.38 Å². The highest BCUT2D eigenvalue weighted by atomic mass is 79.9. The van der Waals surface area contributed by atoms with Crippen molar-refractivity contribution in [2.75, 3.05) is 0 Å². The number of benzene rings is 1. The molecule has 0 fully saturated rings. The van der Waals surface area contributed by atoms with E-state index in [1.807, 2.05) is 12.3 Å². The zero-order valence-electron chi connectivity index (χ0n) is 11.1. The second-order valence-corrected chi connectivity index (χ2v) is 5.66. The Morgan fingerprint density at radius 2 is 2.05 bits per heavy atom. The van der Waals surface area contributed by atoms with E-state index in [1.165, 1.54) is 11.6 Å². The molecule has 0 saturated heterocycles. The van der Waals surface area contributed by atoms with Crippen LogP contribution in [0.1, 0.15) is 17.0 Å². The molecule has 1 aromatic carbocycles. The highest BCUT2D eigenvalue weighted by molar-refractivity contribution is 9.10. The van der Waals surface area contributed by atoms with E-state index < -0.39 is 0 Å². The van der Waals surface area contributed by atoms with Gasteiger partial charge in [-0.05, 0) is 64.7 Å². The number of hydrogen-bond acceptors (Lipinski definition) is 1. The van der Waals surface area contributed by atoms with E-state index in [0.717, 1.165) is 34.3 Å². The molecular weight excluding hydrogens is 319 g/mol. The second-order valence-electron chi connectivity index (χ2n) is 4.91. The predicted octanol–water partition coefficient (Wildman–Crippen LogP) is 4.33. The van der Waals surface area contributed by atoms with E-state index in [-0.39, 0.29) is 5.82 Å². The van der Waals surface area contributed by atoms with Crippen molar-refractivity contribution >= 4 is 21.4 Å². The highest BCUT2D eigenvalue weighted by Gasteiger charge is 2.09. The molecule has 0 saturated carbocycles. The highest BCUT2D eigenvalue weighted by Crippen LogP contribution is 2.21. The van der Waals surface area contributed by atoms with Gasteiger partial charge in [0, 0.05) is 12.6 Å². The smallest absolute Gasteiger partial charge is 0.132 e. The third-order valence-electron chi connectivity index (χ3n) is 3.35. The largest absolute Gasteiger partial charge is 0.303 e. The first-order chi connectivity index (χ1) is 9.63. The minimum absolute atomic E-state index is 0.188. The number of pyridine rings is 1. The van der Waals surface area contributed by atoms with Crippen LogP contribution >= 0.6 is 15.9 Å². The van der Waals surface area contributed by atoms with Crippen LogP contribution < -0.4 is 0 Å². The molecule has 2 aromatic heterocycles. The number of aromatic nitrogens is 2. The third-order valence-corrected chi connectivity index (χ3v) is 3.94. The van der Waals surface area contributed by atoms with E-state index in [2.05, 4.69) is 44.4 Å². The molecule has 0 atom stereocenters. The van der Waals surface area contributed by atoms with Gasteiger partial charge >= 0.3 is 0 Å². The molecule has 0 aliphatic rings. The number of aryl methyl sites for hydroxylation is 3. The summed E-state index contributed by atoms with van der Waals surface area (Å²) in [6, 6.07) is 10.9. The molecule has 0 unspecified atom stereocenters. The molecule has 0 aliphatic carbocycles. The number of nitrogens with zero attached hydrogens (tertiary/aromatic N) is 2. The van der Waals surface area contributed by atoms with E-state index in [9.17, 15) is 4.39 Å². The standard InChI is InChI=1S/C16H14BrFN2/c1-11-7-8-20-14(9-11)16(17)19-15(20)6-5-12-3-2-4-13(18)10-12/h2-4,7-10H,5-6H2,1H3. The molecule has 0 aliphatic heterocycles. The van der Waals surface area contributed by atoms with Crippen molar-refractivity contribution in [3.05, 3.63) is 70.0 Å². The van der Waals surface area contributed by atoms with Gasteiger partial charge in [-0.1, -0.05) is 12.1 Å². The van der Waals surface area contributed by atoms with Crippen LogP contribution in [-0.4, -0.2) is 9.38 Å². The molecule has 0 amide bonds. The van der Waals surface area contributed by atoms with Gasteiger partial charge in [0.25, 0.3) is 0 Å². The van der Waals surface area contributed by atoms with Crippen molar-refractivity contribution in [3.63, 3.8) is 0 Å². The minimum atomic E-state index is -0.188. The van der Waals surface area contributed by atoms with Crippen molar-refractivity contribution in [1.29, 1.82) is 0 Å². The Morgan fingerprint density at radius 3 is 2.85 bits per heavy atom. The Hall–Kier alpha value is -1.68. The topological polar surface area (TPSA) is 17.3 Å². The summed E-state index contributed by atoms with van der Waals surface area (Å²) in [4.78, 5) is 4.55. The third kappa shape index (κ3) is 2.61. The van der Waals surface area contributed by atoms with Crippen LogP contribution in [0.5, 0.6) is 0 Å². The maximum atomic E-state index is 13.2. The van der Waals surface area contributed by atoms with Crippen LogP contribution in [0.4, 0.5) is 4.39 Å². The van der Waals surface area contributed by atoms with Crippen molar-refractivity contribution in [3.8, 4) is 0 Å². The lowest BCUT2D eigenvalue weighted by molar-refractivity contribution is 0.625. The van der Waals surface area contributed by atoms with Crippen molar-refractivity contribution in [2.24, 2.45) is 0 Å². The van der Waals surface area contributed by atoms with Gasteiger partial charge in [0.05, 0.1) is 5.52 Å². The average Bonchev–Trinajstić information content (AvgIpc) is 2.73. The van der Waals surface area contributed by atoms with Crippen molar-refractivity contribution < 1.29 is 4.39 Å². The van der Waals surface area contributed by atoms with Gasteiger partial charge in [-0.15, -0.1) is 0 Å². The summed E-state index contributed by atoms with van der Waals surface area (Å²) in [5.41, 5.74) is 3.26. The van der Waals surface area contributed by atoms with Crippen LogP contribution in [0.2, 0.25) is 0 Å². The van der Waals surface area contributed by atoms with Gasteiger partial charge in [0.2, 0.25) is 0 Å². The molecule has 2 nitrogen and oxygen atoms in total. The fourth-order valence-corrected chi connectivity index (χ4v) is 2.85. The molecule has 0 bridgehead atoms. The first-order valence-corrected chi connectivity index (χ1v) is 7.30. The maximum Gasteiger partial charge on any atom is 0.132 e. The van der Waals surface area contributed by atoms with E-state index in [4.69, 9.17) is 0 Å². The number of hydrogen-bond donors (Lipinski definition) is 0. The van der Waals surface area contributed by atoms with Crippen LogP contribution in [0.3, 0.4) is 0 Å². The average molecular weight is 333 g/mol. The van der Waals surface area contributed by atoms with Crippen LogP contribution in [0.25, 0.3) is 5.52 Å². The number of rotatable bonds is 3. The minimum Gasteiger partial charge on any atom is -0.303 e. The predicted molar refractivity (Wildman–Crippen MR) is 81.4 cm³/mol. The molecule has 0 spiro atoms. The quantitative estimate of drug-likeness (QED) is 0.697.